The fourth-order valence-corrected chi connectivity index (χ4v) is 12.7. The second-order valence-electron chi connectivity index (χ2n) is 22.8. The highest BCUT2D eigenvalue weighted by Crippen LogP contribution is 2.37. The van der Waals surface area contributed by atoms with Gasteiger partial charge in [0.15, 0.2) is 0 Å². The molecule has 3 amide bonds. The largest absolute Gasteiger partial charge is 0.377 e. The number of imidazole rings is 1. The monoisotopic (exact) mass is 1050 g/mol. The molecule has 4 aliphatic rings. The summed E-state index contributed by atoms with van der Waals surface area (Å²) in [4.78, 5) is 56.9. The molecule has 4 saturated heterocycles. The van der Waals surface area contributed by atoms with Gasteiger partial charge in [0.25, 0.3) is 5.91 Å². The quantitative estimate of drug-likeness (QED) is 0.0508. The van der Waals surface area contributed by atoms with Crippen LogP contribution in [0.3, 0.4) is 0 Å². The summed E-state index contributed by atoms with van der Waals surface area (Å²) in [5.41, 5.74) is 10.7. The average Bonchev–Trinajstić information content (AvgIpc) is 4.00. The Morgan fingerprint density at radius 2 is 1.67 bits per heavy atom. The number of fused-ring (bicyclic) bond motifs is 2. The van der Waals surface area contributed by atoms with Crippen molar-refractivity contribution in [2.45, 2.75) is 102 Å². The number of likely N-dealkylation sites (tertiary alicyclic amines) is 2. The summed E-state index contributed by atoms with van der Waals surface area (Å²) in [6, 6.07) is 28.3. The van der Waals surface area contributed by atoms with Crippen molar-refractivity contribution in [3.05, 3.63) is 107 Å². The maximum absolute atomic E-state index is 13.8. The number of hydrogen-bond donors (Lipinski definition) is 2. The summed E-state index contributed by atoms with van der Waals surface area (Å²) >= 11 is 0. The van der Waals surface area contributed by atoms with Crippen LogP contribution in [0.5, 0.6) is 0 Å². The van der Waals surface area contributed by atoms with Gasteiger partial charge in [-0.1, -0.05) is 37.8 Å². The molecule has 2 atom stereocenters. The second-order valence-corrected chi connectivity index (χ2v) is 28.4. The van der Waals surface area contributed by atoms with E-state index in [1.165, 1.54) is 11.3 Å². The van der Waals surface area contributed by atoms with Gasteiger partial charge in [-0.15, -0.1) is 0 Å². The van der Waals surface area contributed by atoms with Crippen molar-refractivity contribution in [1.82, 2.24) is 39.1 Å². The van der Waals surface area contributed by atoms with Crippen molar-refractivity contribution in [3.63, 3.8) is 0 Å². The van der Waals surface area contributed by atoms with Crippen LogP contribution in [-0.4, -0.2) is 138 Å². The first kappa shape index (κ1) is 53.0. The zero-order chi connectivity index (χ0) is 53.1. The Bertz CT molecular complexity index is 3100. The Kier molecular flexibility index (Phi) is 16.1. The van der Waals surface area contributed by atoms with Gasteiger partial charge in [-0.3, -0.25) is 29.5 Å². The first-order valence-electron chi connectivity index (χ1n) is 27.5. The SMILES string of the molecule is COCc1nc2ccc(-c3ccnc4c3cc([C@H](C)N3CCC(c5ccc(C(=O)N6CCC(CN7CCN(c8ccc(NC9CCC(=O)NC9=O)cc8C#N)CC7)CC6)cc5)CC3)n4C)cc2n1COCC[Si](C)(C)C. The Balaban J connectivity index is 0.693. The molecule has 3 aromatic carbocycles. The van der Waals surface area contributed by atoms with Gasteiger partial charge in [0.2, 0.25) is 11.8 Å². The number of nitriles is 1. The molecule has 4 aliphatic heterocycles. The van der Waals surface area contributed by atoms with Crippen LogP contribution in [-0.2, 0) is 39.4 Å². The van der Waals surface area contributed by atoms with Crippen molar-refractivity contribution in [2.75, 3.05) is 82.8 Å². The first-order chi connectivity index (χ1) is 36.7. The molecule has 0 bridgehead atoms. The number of aryl methyl sites for hydroxylation is 1. The lowest BCUT2D eigenvalue weighted by Crippen LogP contribution is -2.49. The molecule has 3 aromatic heterocycles. The third-order valence-electron chi connectivity index (χ3n) is 16.6. The molecule has 2 N–H and O–H groups in total. The number of methoxy groups -OCH3 is 1. The molecule has 0 aliphatic carbocycles. The molecule has 7 heterocycles. The third kappa shape index (κ3) is 11.8. The molecular weight excluding hydrogens is 971 g/mol. The molecule has 0 spiro atoms. The summed E-state index contributed by atoms with van der Waals surface area (Å²) in [6.45, 7) is 19.1. The Hall–Kier alpha value is -6.42. The lowest BCUT2D eigenvalue weighted by molar-refractivity contribution is -0.133. The lowest BCUT2D eigenvalue weighted by Gasteiger charge is -2.40. The second kappa shape index (κ2) is 23.0. The molecule has 16 nitrogen and oxygen atoms in total. The number of carbonyl (C=O) groups excluding carboxylic acids is 3. The number of hydrogen-bond acceptors (Lipinski definition) is 12. The molecule has 6 aromatic rings. The summed E-state index contributed by atoms with van der Waals surface area (Å²) in [5.74, 6) is 1.40. The van der Waals surface area contributed by atoms with E-state index in [0.29, 0.717) is 49.3 Å². The summed E-state index contributed by atoms with van der Waals surface area (Å²) in [5, 5.41) is 16.7. The Morgan fingerprint density at radius 1 is 0.908 bits per heavy atom. The van der Waals surface area contributed by atoms with E-state index in [0.717, 1.165) is 148 Å². The zero-order valence-corrected chi connectivity index (χ0v) is 46.3. The minimum Gasteiger partial charge on any atom is -0.377 e. The topological polar surface area (TPSA) is 166 Å². The average molecular weight is 1050 g/mol. The van der Waals surface area contributed by atoms with Crippen LogP contribution in [0, 0.1) is 17.2 Å². The van der Waals surface area contributed by atoms with Gasteiger partial charge in [0, 0.05) is 116 Å². The summed E-state index contributed by atoms with van der Waals surface area (Å²) in [7, 11) is 2.63. The fraction of sp³-hybridized carbons (Fsp3) is 0.492. The minimum atomic E-state index is -1.22. The molecule has 0 saturated carbocycles. The first-order valence-corrected chi connectivity index (χ1v) is 31.2. The number of rotatable bonds is 17. The fourth-order valence-electron chi connectivity index (χ4n) is 11.9. The number of imide groups is 1. The lowest BCUT2D eigenvalue weighted by atomic mass is 9.88. The van der Waals surface area contributed by atoms with Crippen LogP contribution < -0.4 is 15.5 Å². The molecule has 17 heteroatoms. The molecular formula is C59H75N11O5Si. The third-order valence-corrected chi connectivity index (χ3v) is 18.3. The van der Waals surface area contributed by atoms with Gasteiger partial charge in [-0.05, 0) is 141 Å². The number of carbonyl (C=O) groups is 3. The van der Waals surface area contributed by atoms with Gasteiger partial charge >= 0.3 is 0 Å². The van der Waals surface area contributed by atoms with Crippen molar-refractivity contribution < 1.29 is 23.9 Å². The number of aromatic nitrogens is 4. The van der Waals surface area contributed by atoms with Gasteiger partial charge in [-0.25, -0.2) is 9.97 Å². The van der Waals surface area contributed by atoms with Gasteiger partial charge < -0.3 is 33.7 Å². The smallest absolute Gasteiger partial charge is 0.253 e. The molecule has 0 radical (unpaired) electrons. The zero-order valence-electron chi connectivity index (χ0n) is 45.3. The number of benzene rings is 3. The highest BCUT2D eigenvalue weighted by Gasteiger charge is 2.31. The van der Waals surface area contributed by atoms with E-state index in [4.69, 9.17) is 19.4 Å². The van der Waals surface area contributed by atoms with Crippen LogP contribution in [0.2, 0.25) is 25.7 Å². The van der Waals surface area contributed by atoms with E-state index < -0.39 is 14.1 Å². The van der Waals surface area contributed by atoms with Gasteiger partial charge in [0.1, 0.15) is 36.9 Å². The van der Waals surface area contributed by atoms with Crippen LogP contribution in [0.15, 0.2) is 79.0 Å². The number of ether oxygens (including phenoxy) is 2. The van der Waals surface area contributed by atoms with Crippen molar-refractivity contribution in [3.8, 4) is 17.2 Å². The predicted molar refractivity (Wildman–Crippen MR) is 301 cm³/mol. The summed E-state index contributed by atoms with van der Waals surface area (Å²) < 4.78 is 16.2. The molecule has 76 heavy (non-hydrogen) atoms. The van der Waals surface area contributed by atoms with E-state index in [2.05, 4.69) is 117 Å². The van der Waals surface area contributed by atoms with Crippen LogP contribution >= 0.6 is 0 Å². The Morgan fingerprint density at radius 3 is 2.38 bits per heavy atom. The van der Waals surface area contributed by atoms with E-state index >= 15 is 0 Å². The molecule has 400 valence electrons. The van der Waals surface area contributed by atoms with Gasteiger partial charge in [-0.2, -0.15) is 5.26 Å². The van der Waals surface area contributed by atoms with Gasteiger partial charge in [0.05, 0.1) is 22.3 Å². The van der Waals surface area contributed by atoms with E-state index in [-0.39, 0.29) is 23.8 Å². The summed E-state index contributed by atoms with van der Waals surface area (Å²) in [6.07, 6.45) is 6.76. The predicted octanol–water partition coefficient (Wildman–Crippen LogP) is 8.75. The highest BCUT2D eigenvalue weighted by atomic mass is 28.3. The van der Waals surface area contributed by atoms with Crippen LogP contribution in [0.4, 0.5) is 11.4 Å². The maximum Gasteiger partial charge on any atom is 0.253 e. The van der Waals surface area contributed by atoms with Crippen molar-refractivity contribution >= 4 is 59.2 Å². The normalized spacial score (nSPS) is 19.1. The van der Waals surface area contributed by atoms with Crippen molar-refractivity contribution in [1.29, 1.82) is 5.26 Å². The number of piperazine rings is 1. The minimum absolute atomic E-state index is 0.127. The van der Waals surface area contributed by atoms with Crippen molar-refractivity contribution in [2.24, 2.45) is 13.0 Å². The number of amides is 3. The van der Waals surface area contributed by atoms with E-state index in [9.17, 15) is 19.6 Å². The van der Waals surface area contributed by atoms with E-state index in [1.807, 2.05) is 35.4 Å². The van der Waals surface area contributed by atoms with E-state index in [1.54, 1.807) is 13.2 Å². The van der Waals surface area contributed by atoms with Crippen LogP contribution in [0.1, 0.15) is 90.4 Å². The number of nitrogens with one attached hydrogen (secondary N) is 2. The maximum atomic E-state index is 13.8. The molecule has 10 rings (SSSR count). The number of anilines is 2. The highest BCUT2D eigenvalue weighted by molar-refractivity contribution is 6.76. The number of nitrogens with zero attached hydrogens (tertiary/aromatic N) is 9. The molecule has 1 unspecified atom stereocenters. The molecule has 4 fully saturated rings. The standard InChI is InChI=1S/C59H75N11O5Si/c1-40(53-35-49-48(17-22-61-57(49)65(53)2)45-11-13-50-54(34-45)70(55(63-50)38-74-3)39-75-31-32-76(4,5)6)67-25-20-43(21-26-67)42-7-9-44(10-8-42)59(73)69-23-18-41(19-24-69)37-66-27-29-68(30-28-66)52-15-12-47(33-46(52)36-60)62-51-14-16-56(71)64-58(51)72/h7-13,15,17,22,33-35,40-41,43,51,62H,14,16,18-21,23-32,37-39H2,1-6H3,(H,64,71,72)/t40-,51?/m0/s1. The number of pyridine rings is 1. The Labute approximate surface area is 448 Å². The van der Waals surface area contributed by atoms with Crippen LogP contribution in [0.25, 0.3) is 33.2 Å². The number of piperidine rings is 3.